The number of thiazole rings is 1. The molecular weight excluding hydrogens is 322 g/mol. The Hall–Kier alpha value is -2.18. The van der Waals surface area contributed by atoms with Gasteiger partial charge in [-0.1, -0.05) is 30.3 Å². The molecule has 0 radical (unpaired) electrons. The molecule has 24 heavy (non-hydrogen) atoms. The monoisotopic (exact) mass is 343 g/mol. The van der Waals surface area contributed by atoms with Crippen LogP contribution in [-0.4, -0.2) is 47.6 Å². The molecular formula is C18H21N3O2S. The summed E-state index contributed by atoms with van der Waals surface area (Å²) in [5.74, 6) is 0.572. The Labute approximate surface area is 145 Å². The van der Waals surface area contributed by atoms with Crippen LogP contribution in [0.15, 0.2) is 36.1 Å². The topological polar surface area (TPSA) is 69.4 Å². The van der Waals surface area contributed by atoms with Crippen LogP contribution < -0.4 is 0 Å². The van der Waals surface area contributed by atoms with Gasteiger partial charge < -0.3 is 14.7 Å². The molecule has 0 spiro atoms. The van der Waals surface area contributed by atoms with E-state index in [1.807, 2.05) is 42.2 Å². The highest BCUT2D eigenvalue weighted by atomic mass is 32.1. The molecule has 2 heterocycles. The number of rotatable bonds is 6. The molecule has 126 valence electrons. The number of nitrogens with zero attached hydrogens (tertiary/aromatic N) is 2. The molecule has 0 unspecified atom stereocenters. The Morgan fingerprint density at radius 2 is 2.08 bits per heavy atom. The van der Waals surface area contributed by atoms with Crippen molar-refractivity contribution in [3.8, 4) is 11.3 Å². The summed E-state index contributed by atoms with van der Waals surface area (Å²) in [6.07, 6.45) is 0.825. The van der Waals surface area contributed by atoms with Crippen LogP contribution in [0.25, 0.3) is 16.8 Å². The van der Waals surface area contributed by atoms with Gasteiger partial charge in [-0.15, -0.1) is 11.3 Å². The number of aryl methyl sites for hydroxylation is 1. The molecule has 1 aliphatic heterocycles. The number of ether oxygens (including phenoxy) is 1. The van der Waals surface area contributed by atoms with Gasteiger partial charge >= 0.3 is 0 Å². The number of hydrogen-bond acceptors (Lipinski definition) is 5. The van der Waals surface area contributed by atoms with Crippen molar-refractivity contribution in [3.63, 3.8) is 0 Å². The fourth-order valence-corrected chi connectivity index (χ4v) is 3.82. The average molecular weight is 343 g/mol. The summed E-state index contributed by atoms with van der Waals surface area (Å²) in [5, 5.41) is 19.4. The van der Waals surface area contributed by atoms with Gasteiger partial charge in [0.1, 0.15) is 16.6 Å². The maximum atomic E-state index is 10.3. The third-order valence-electron chi connectivity index (χ3n) is 4.02. The van der Waals surface area contributed by atoms with Gasteiger partial charge in [-0.2, -0.15) is 0 Å². The highest BCUT2D eigenvalue weighted by Gasteiger charge is 2.30. The first-order valence-corrected chi connectivity index (χ1v) is 8.71. The lowest BCUT2D eigenvalue weighted by Crippen LogP contribution is -2.28. The van der Waals surface area contributed by atoms with Crippen molar-refractivity contribution >= 4 is 22.7 Å². The van der Waals surface area contributed by atoms with Gasteiger partial charge in [0.15, 0.2) is 0 Å². The van der Waals surface area contributed by atoms with E-state index >= 15 is 0 Å². The minimum absolute atomic E-state index is 0.228. The Morgan fingerprint density at radius 3 is 2.79 bits per heavy atom. The van der Waals surface area contributed by atoms with E-state index in [0.717, 1.165) is 22.6 Å². The Bertz CT molecular complexity index is 768. The highest BCUT2D eigenvalue weighted by Crippen LogP contribution is 2.35. The summed E-state index contributed by atoms with van der Waals surface area (Å²) in [4.78, 5) is 7.65. The number of aliphatic hydroxyl groups excluding tert-OH is 1. The number of hydrogen-bond donors (Lipinski definition) is 2. The molecule has 5 nitrogen and oxygen atoms in total. The summed E-state index contributed by atoms with van der Waals surface area (Å²) in [6.45, 7) is 3.73. The second-order valence-corrected chi connectivity index (χ2v) is 6.93. The third-order valence-corrected chi connectivity index (χ3v) is 5.00. The number of methoxy groups -OCH3 is 1. The predicted octanol–water partition coefficient (Wildman–Crippen LogP) is 3.72. The lowest BCUT2D eigenvalue weighted by molar-refractivity contribution is 0.186. The summed E-state index contributed by atoms with van der Waals surface area (Å²) in [6, 6.07) is 10.00. The molecule has 6 heteroatoms. The van der Waals surface area contributed by atoms with Gasteiger partial charge in [0.05, 0.1) is 17.8 Å². The van der Waals surface area contributed by atoms with Crippen LogP contribution in [0.1, 0.15) is 16.3 Å². The number of nitrogens with one attached hydrogen (secondary N) is 1. The number of aliphatic hydroxyl groups is 1. The molecule has 0 saturated carbocycles. The normalized spacial score (nSPS) is 14.8. The van der Waals surface area contributed by atoms with Crippen LogP contribution in [-0.2, 0) is 4.74 Å². The van der Waals surface area contributed by atoms with Gasteiger partial charge in [-0.25, -0.2) is 4.98 Å². The number of aromatic nitrogens is 1. The number of amidine groups is 1. The standard InChI is InChI=1S/C18H21N3O2S/c1-12-16(13-7-4-3-5-8-13)20-18(24-12)15-14(22)11-21(17(15)19)9-6-10-23-2/h3-5,7-8,19,22H,6,9-11H2,1-2H3. The largest absolute Gasteiger partial charge is 0.510 e. The molecule has 3 rings (SSSR count). The first kappa shape index (κ1) is 16.7. The van der Waals surface area contributed by atoms with E-state index in [-0.39, 0.29) is 5.76 Å². The van der Waals surface area contributed by atoms with Crippen molar-refractivity contribution in [1.82, 2.24) is 9.88 Å². The van der Waals surface area contributed by atoms with E-state index in [1.165, 1.54) is 11.3 Å². The van der Waals surface area contributed by atoms with Crippen molar-refractivity contribution in [2.75, 3.05) is 26.8 Å². The van der Waals surface area contributed by atoms with Crippen molar-refractivity contribution in [3.05, 3.63) is 46.0 Å². The van der Waals surface area contributed by atoms with Crippen LogP contribution in [0.2, 0.25) is 0 Å². The molecule has 1 aromatic heterocycles. The van der Waals surface area contributed by atoms with Crippen LogP contribution in [0.3, 0.4) is 0 Å². The zero-order valence-electron chi connectivity index (χ0n) is 13.9. The highest BCUT2D eigenvalue weighted by molar-refractivity contribution is 7.13. The van der Waals surface area contributed by atoms with E-state index in [9.17, 15) is 5.11 Å². The summed E-state index contributed by atoms with van der Waals surface area (Å²) >= 11 is 1.52. The van der Waals surface area contributed by atoms with Crippen molar-refractivity contribution < 1.29 is 9.84 Å². The molecule has 0 aliphatic carbocycles. The Balaban J connectivity index is 1.84. The molecule has 2 aromatic rings. The zero-order valence-corrected chi connectivity index (χ0v) is 14.7. The second-order valence-electron chi connectivity index (χ2n) is 5.73. The predicted molar refractivity (Wildman–Crippen MR) is 97.6 cm³/mol. The van der Waals surface area contributed by atoms with Crippen LogP contribution in [0.4, 0.5) is 0 Å². The molecule has 1 aromatic carbocycles. The zero-order chi connectivity index (χ0) is 17.1. The van der Waals surface area contributed by atoms with E-state index in [2.05, 4.69) is 0 Å². The number of benzene rings is 1. The molecule has 0 saturated heterocycles. The van der Waals surface area contributed by atoms with Crippen molar-refractivity contribution in [2.24, 2.45) is 0 Å². The average Bonchev–Trinajstić information content (AvgIpc) is 3.08. The van der Waals surface area contributed by atoms with Gasteiger partial charge in [0.2, 0.25) is 0 Å². The van der Waals surface area contributed by atoms with Gasteiger partial charge in [-0.05, 0) is 13.3 Å². The van der Waals surface area contributed by atoms with Gasteiger partial charge in [0, 0.05) is 30.7 Å². The molecule has 0 amide bonds. The van der Waals surface area contributed by atoms with Crippen LogP contribution in [0.5, 0.6) is 0 Å². The second kappa shape index (κ2) is 7.15. The van der Waals surface area contributed by atoms with E-state index < -0.39 is 0 Å². The van der Waals surface area contributed by atoms with E-state index in [0.29, 0.717) is 36.1 Å². The maximum Gasteiger partial charge on any atom is 0.135 e. The SMILES string of the molecule is COCCCN1CC(O)=C(c2nc(-c3ccccc3)c(C)s2)C1=N. The smallest absolute Gasteiger partial charge is 0.135 e. The third kappa shape index (κ3) is 3.20. The molecule has 2 N–H and O–H groups in total. The fraction of sp³-hybridized carbons (Fsp3) is 0.333. The van der Waals surface area contributed by atoms with Crippen molar-refractivity contribution in [1.29, 1.82) is 5.41 Å². The first-order chi connectivity index (χ1) is 11.6. The van der Waals surface area contributed by atoms with Gasteiger partial charge in [-0.3, -0.25) is 5.41 Å². The maximum absolute atomic E-state index is 10.3. The first-order valence-electron chi connectivity index (χ1n) is 7.90. The van der Waals surface area contributed by atoms with Crippen LogP contribution >= 0.6 is 11.3 Å². The molecule has 0 fully saturated rings. The Morgan fingerprint density at radius 1 is 1.33 bits per heavy atom. The minimum atomic E-state index is 0.228. The van der Waals surface area contributed by atoms with Crippen LogP contribution in [0, 0.1) is 12.3 Å². The van der Waals surface area contributed by atoms with Gasteiger partial charge in [0.25, 0.3) is 0 Å². The molecule has 0 atom stereocenters. The summed E-state index contributed by atoms with van der Waals surface area (Å²) < 4.78 is 5.06. The lowest BCUT2D eigenvalue weighted by atomic mass is 10.1. The molecule has 0 bridgehead atoms. The molecule has 1 aliphatic rings. The quantitative estimate of drug-likeness (QED) is 0.784. The van der Waals surface area contributed by atoms with E-state index in [4.69, 9.17) is 15.1 Å². The summed E-state index contributed by atoms with van der Waals surface area (Å²) in [7, 11) is 1.67. The minimum Gasteiger partial charge on any atom is -0.510 e. The summed E-state index contributed by atoms with van der Waals surface area (Å²) in [5.41, 5.74) is 2.53. The fourth-order valence-electron chi connectivity index (χ4n) is 2.82. The van der Waals surface area contributed by atoms with E-state index in [1.54, 1.807) is 7.11 Å². The lowest BCUT2D eigenvalue weighted by Gasteiger charge is -2.17. The van der Waals surface area contributed by atoms with Crippen molar-refractivity contribution in [2.45, 2.75) is 13.3 Å². The Kier molecular flexibility index (Phi) is 4.97.